The monoisotopic (exact) mass is 455 g/mol. The van der Waals surface area contributed by atoms with Gasteiger partial charge in [-0.25, -0.2) is 4.39 Å². The topological polar surface area (TPSA) is 113 Å². The number of carbonyl (C=O) groups excluding carboxylic acids is 2. The number of ketones is 1. The Hall–Kier alpha value is -3.63. The number of carbonyl (C=O) groups is 2. The van der Waals surface area contributed by atoms with Gasteiger partial charge in [0, 0.05) is 43.9 Å². The van der Waals surface area contributed by atoms with Crippen molar-refractivity contribution in [2.45, 2.75) is 6.04 Å². The molecule has 0 saturated carbocycles. The average Bonchev–Trinajstić information content (AvgIpc) is 3.08. The fourth-order valence-electron chi connectivity index (χ4n) is 4.07. The zero-order valence-electron chi connectivity index (χ0n) is 17.6. The van der Waals surface area contributed by atoms with Crippen LogP contribution >= 0.6 is 0 Å². The molecule has 1 N–H and O–H groups in total. The fourth-order valence-corrected chi connectivity index (χ4v) is 4.07. The van der Waals surface area contributed by atoms with Gasteiger partial charge in [-0.3, -0.25) is 24.6 Å². The summed E-state index contributed by atoms with van der Waals surface area (Å²) in [5.74, 6) is -2.56. The summed E-state index contributed by atoms with van der Waals surface area (Å²) in [6, 6.07) is 9.50. The third kappa shape index (κ3) is 4.62. The van der Waals surface area contributed by atoms with Crippen molar-refractivity contribution in [2.24, 2.45) is 0 Å². The van der Waals surface area contributed by atoms with Gasteiger partial charge in [0.1, 0.15) is 11.6 Å². The molecule has 4 rings (SSSR count). The SMILES string of the molecule is O=C1C(=O)N(CCN2CCOCC2)[C@@H](c2ccc([N+](=O)[O-])cc2)/C1=C(\O)c1ccc(F)cc1. The summed E-state index contributed by atoms with van der Waals surface area (Å²) in [5.41, 5.74) is 0.366. The fraction of sp³-hybridized carbons (Fsp3) is 0.304. The molecule has 10 heteroatoms. The number of hydrogen-bond acceptors (Lipinski definition) is 7. The highest BCUT2D eigenvalue weighted by molar-refractivity contribution is 6.46. The molecule has 2 fully saturated rings. The molecule has 9 nitrogen and oxygen atoms in total. The molecule has 33 heavy (non-hydrogen) atoms. The first-order chi connectivity index (χ1) is 15.9. The number of nitro benzene ring substituents is 1. The largest absolute Gasteiger partial charge is 0.507 e. The van der Waals surface area contributed by atoms with Crippen LogP contribution in [0.3, 0.4) is 0 Å². The van der Waals surface area contributed by atoms with E-state index in [1.807, 2.05) is 0 Å². The highest BCUT2D eigenvalue weighted by Crippen LogP contribution is 2.39. The molecule has 0 spiro atoms. The maximum atomic E-state index is 13.4. The van der Waals surface area contributed by atoms with Crippen LogP contribution in [0.2, 0.25) is 0 Å². The van der Waals surface area contributed by atoms with Crippen molar-refractivity contribution in [1.29, 1.82) is 0 Å². The molecule has 2 aliphatic rings. The van der Waals surface area contributed by atoms with Crippen LogP contribution in [0.4, 0.5) is 10.1 Å². The molecule has 2 saturated heterocycles. The minimum Gasteiger partial charge on any atom is -0.507 e. The number of aliphatic hydroxyl groups excluding tert-OH is 1. The molecular weight excluding hydrogens is 433 g/mol. The predicted octanol–water partition coefficient (Wildman–Crippen LogP) is 2.49. The molecule has 0 unspecified atom stereocenters. The standard InChI is InChI=1S/C23H22FN3O6/c24-17-5-1-16(2-6-17)21(28)19-20(15-3-7-18(8-4-15)27(31)32)26(23(30)22(19)29)10-9-25-11-13-33-14-12-25/h1-8,20,28H,9-14H2/b21-19+/t20-/m0/s1. The summed E-state index contributed by atoms with van der Waals surface area (Å²) in [6.45, 7) is 3.26. The van der Waals surface area contributed by atoms with E-state index in [4.69, 9.17) is 4.74 Å². The Balaban J connectivity index is 1.74. The van der Waals surface area contributed by atoms with Gasteiger partial charge in [-0.2, -0.15) is 0 Å². The average molecular weight is 455 g/mol. The van der Waals surface area contributed by atoms with E-state index in [0.717, 1.165) is 12.1 Å². The van der Waals surface area contributed by atoms with Crippen LogP contribution < -0.4 is 0 Å². The number of aliphatic hydroxyl groups is 1. The molecule has 2 aliphatic heterocycles. The second-order valence-electron chi connectivity index (χ2n) is 7.80. The van der Waals surface area contributed by atoms with Gasteiger partial charge in [0.2, 0.25) is 0 Å². The number of rotatable bonds is 6. The molecule has 1 amide bonds. The third-order valence-corrected chi connectivity index (χ3v) is 5.84. The predicted molar refractivity (Wildman–Crippen MR) is 116 cm³/mol. The molecule has 1 atom stereocenters. The van der Waals surface area contributed by atoms with Crippen molar-refractivity contribution in [3.8, 4) is 0 Å². The van der Waals surface area contributed by atoms with Gasteiger partial charge in [0.25, 0.3) is 17.4 Å². The van der Waals surface area contributed by atoms with Crippen LogP contribution in [0.1, 0.15) is 17.2 Å². The van der Waals surface area contributed by atoms with Crippen molar-refractivity contribution in [1.82, 2.24) is 9.80 Å². The zero-order chi connectivity index (χ0) is 23.5. The normalized spacial score (nSPS) is 20.9. The van der Waals surface area contributed by atoms with Gasteiger partial charge in [-0.05, 0) is 42.0 Å². The Kier molecular flexibility index (Phi) is 6.47. The van der Waals surface area contributed by atoms with Crippen LogP contribution in [0.25, 0.3) is 5.76 Å². The first-order valence-corrected chi connectivity index (χ1v) is 10.5. The van der Waals surface area contributed by atoms with E-state index < -0.39 is 34.2 Å². The quantitative estimate of drug-likeness (QED) is 0.234. The summed E-state index contributed by atoms with van der Waals surface area (Å²) >= 11 is 0. The molecule has 0 bridgehead atoms. The van der Waals surface area contributed by atoms with E-state index >= 15 is 0 Å². The van der Waals surface area contributed by atoms with Gasteiger partial charge in [-0.1, -0.05) is 0 Å². The Morgan fingerprint density at radius 1 is 1.06 bits per heavy atom. The number of benzene rings is 2. The number of nitro groups is 1. The van der Waals surface area contributed by atoms with E-state index in [2.05, 4.69) is 4.90 Å². The number of amides is 1. The lowest BCUT2D eigenvalue weighted by Crippen LogP contribution is -2.42. The molecule has 172 valence electrons. The summed E-state index contributed by atoms with van der Waals surface area (Å²) in [7, 11) is 0. The summed E-state index contributed by atoms with van der Waals surface area (Å²) < 4.78 is 18.7. The number of ether oxygens (including phenoxy) is 1. The van der Waals surface area contributed by atoms with Crippen molar-refractivity contribution < 1.29 is 28.7 Å². The lowest BCUT2D eigenvalue weighted by atomic mass is 9.95. The van der Waals surface area contributed by atoms with Crippen molar-refractivity contribution in [3.63, 3.8) is 0 Å². The maximum Gasteiger partial charge on any atom is 0.295 e. The minimum absolute atomic E-state index is 0.137. The number of hydrogen-bond donors (Lipinski definition) is 1. The lowest BCUT2D eigenvalue weighted by Gasteiger charge is -2.31. The zero-order valence-corrected chi connectivity index (χ0v) is 17.6. The van der Waals surface area contributed by atoms with E-state index in [1.165, 1.54) is 41.3 Å². The maximum absolute atomic E-state index is 13.4. The van der Waals surface area contributed by atoms with Crippen molar-refractivity contribution in [3.05, 3.63) is 81.2 Å². The summed E-state index contributed by atoms with van der Waals surface area (Å²) in [6.07, 6.45) is 0. The Morgan fingerprint density at radius 3 is 2.30 bits per heavy atom. The van der Waals surface area contributed by atoms with Crippen LogP contribution in [0.15, 0.2) is 54.1 Å². The van der Waals surface area contributed by atoms with Crippen LogP contribution in [-0.4, -0.2) is 70.9 Å². The molecular formula is C23H22FN3O6. The number of nitrogens with zero attached hydrogens (tertiary/aromatic N) is 3. The molecule has 0 radical (unpaired) electrons. The van der Waals surface area contributed by atoms with Crippen LogP contribution in [0, 0.1) is 15.9 Å². The smallest absolute Gasteiger partial charge is 0.295 e. The van der Waals surface area contributed by atoms with E-state index in [-0.39, 0.29) is 23.4 Å². The highest BCUT2D eigenvalue weighted by atomic mass is 19.1. The first-order valence-electron chi connectivity index (χ1n) is 10.5. The highest BCUT2D eigenvalue weighted by Gasteiger charge is 2.46. The number of non-ortho nitro benzene ring substituents is 1. The molecule has 0 aromatic heterocycles. The lowest BCUT2D eigenvalue weighted by molar-refractivity contribution is -0.384. The van der Waals surface area contributed by atoms with E-state index in [1.54, 1.807) is 0 Å². The molecule has 2 heterocycles. The number of halogens is 1. The molecule has 2 aromatic carbocycles. The second kappa shape index (κ2) is 9.47. The molecule has 2 aromatic rings. The summed E-state index contributed by atoms with van der Waals surface area (Å²) in [4.78, 5) is 39.9. The van der Waals surface area contributed by atoms with Gasteiger partial charge in [-0.15, -0.1) is 0 Å². The summed E-state index contributed by atoms with van der Waals surface area (Å²) in [5, 5.41) is 22.0. The van der Waals surface area contributed by atoms with Gasteiger partial charge in [0.05, 0.1) is 29.8 Å². The van der Waals surface area contributed by atoms with Crippen LogP contribution in [0.5, 0.6) is 0 Å². The van der Waals surface area contributed by atoms with Crippen molar-refractivity contribution in [2.75, 3.05) is 39.4 Å². The first kappa shape index (κ1) is 22.6. The van der Waals surface area contributed by atoms with Gasteiger partial charge in [0.15, 0.2) is 0 Å². The van der Waals surface area contributed by atoms with Crippen LogP contribution in [-0.2, 0) is 14.3 Å². The van der Waals surface area contributed by atoms with E-state index in [9.17, 15) is 29.2 Å². The molecule has 0 aliphatic carbocycles. The Labute approximate surface area is 188 Å². The van der Waals surface area contributed by atoms with E-state index in [0.29, 0.717) is 38.4 Å². The number of morpholine rings is 1. The Morgan fingerprint density at radius 2 is 1.70 bits per heavy atom. The Bertz CT molecular complexity index is 1090. The minimum atomic E-state index is -0.933. The third-order valence-electron chi connectivity index (χ3n) is 5.84. The van der Waals surface area contributed by atoms with Gasteiger partial charge < -0.3 is 14.7 Å². The number of Topliss-reactive ketones (excluding diaryl/α,β-unsaturated/α-hetero) is 1. The second-order valence-corrected chi connectivity index (χ2v) is 7.80. The number of likely N-dealkylation sites (tertiary alicyclic amines) is 1. The van der Waals surface area contributed by atoms with Gasteiger partial charge >= 0.3 is 0 Å². The van der Waals surface area contributed by atoms with Crippen molar-refractivity contribution >= 4 is 23.1 Å².